The number of benzene rings is 2. The van der Waals surface area contributed by atoms with Gasteiger partial charge in [-0.25, -0.2) is 4.99 Å². The van der Waals surface area contributed by atoms with Crippen molar-refractivity contribution >= 4 is 11.8 Å². The Kier molecular flexibility index (Phi) is 7.39. The van der Waals surface area contributed by atoms with Gasteiger partial charge >= 0.3 is 0 Å². The molecule has 6 rings (SSSR count). The summed E-state index contributed by atoms with van der Waals surface area (Å²) in [6, 6.07) is 27.7. The van der Waals surface area contributed by atoms with Gasteiger partial charge in [-0.1, -0.05) is 79.9 Å². The van der Waals surface area contributed by atoms with E-state index in [-0.39, 0.29) is 0 Å². The maximum Gasteiger partial charge on any atom is 0.147 e. The number of H-pyrrole nitrogens is 2. The minimum atomic E-state index is 0.471. The highest BCUT2D eigenvalue weighted by Crippen LogP contribution is 2.34. The third-order valence-electron chi connectivity index (χ3n) is 7.60. The van der Waals surface area contributed by atoms with Crippen LogP contribution in [0, 0.1) is 0 Å². The van der Waals surface area contributed by atoms with E-state index in [1.165, 1.54) is 54.6 Å². The number of nitrogens with zero attached hydrogens (tertiary/aromatic N) is 1. The van der Waals surface area contributed by atoms with Gasteiger partial charge in [0, 0.05) is 23.7 Å². The zero-order chi connectivity index (χ0) is 25.6. The Morgan fingerprint density at radius 3 is 2.45 bits per heavy atom. The Morgan fingerprint density at radius 1 is 0.868 bits per heavy atom. The lowest BCUT2D eigenvalue weighted by atomic mass is 9.86. The Labute approximate surface area is 225 Å². The second-order valence-corrected chi connectivity index (χ2v) is 10.4. The van der Waals surface area contributed by atoms with Crippen LogP contribution in [0.25, 0.3) is 6.08 Å². The average molecular weight is 502 g/mol. The number of allylic oxidation sites excluding steroid dienone is 1. The molecule has 0 saturated carbocycles. The van der Waals surface area contributed by atoms with E-state index in [1.807, 2.05) is 30.5 Å². The van der Waals surface area contributed by atoms with Crippen LogP contribution in [0.1, 0.15) is 71.8 Å². The van der Waals surface area contributed by atoms with E-state index in [9.17, 15) is 0 Å². The third kappa shape index (κ3) is 5.75. The Hall–Kier alpha value is -4.05. The number of aromatic amines is 2. The summed E-state index contributed by atoms with van der Waals surface area (Å²) in [7, 11) is 0. The minimum absolute atomic E-state index is 0.471. The highest BCUT2D eigenvalue weighted by atomic mass is 16.5. The van der Waals surface area contributed by atoms with E-state index in [0.29, 0.717) is 12.5 Å². The number of ether oxygens (including phenoxy) is 1. The fourth-order valence-corrected chi connectivity index (χ4v) is 5.60. The molecule has 192 valence electrons. The standard InChI is InChI=1S/C34H35N3O/c1-2-10-17-28-21-29(27(16-9-1)20-25-12-5-3-6-13-25)31(36-28)22-33-34(38-24-26-14-7-4-8-15-26)23-32(37-33)30-18-11-19-35-30/h3-8,11-15,18-19,21-23,27,35-36H,1-2,9-10,16-17,20,24H2/b33-22-. The first kappa shape index (κ1) is 24.3. The van der Waals surface area contributed by atoms with Crippen molar-refractivity contribution in [3.63, 3.8) is 0 Å². The summed E-state index contributed by atoms with van der Waals surface area (Å²) in [6.45, 7) is 0.511. The highest BCUT2D eigenvalue weighted by molar-refractivity contribution is 6.11. The molecule has 4 nitrogen and oxygen atoms in total. The zero-order valence-electron chi connectivity index (χ0n) is 21.8. The number of rotatable bonds is 7. The molecule has 0 radical (unpaired) electrons. The van der Waals surface area contributed by atoms with Crippen LogP contribution in [0.4, 0.5) is 0 Å². The normalized spacial score (nSPS) is 18.7. The van der Waals surface area contributed by atoms with Gasteiger partial charge in [-0.2, -0.15) is 0 Å². The average Bonchev–Trinajstić information content (AvgIpc) is 3.71. The van der Waals surface area contributed by atoms with Crippen LogP contribution >= 0.6 is 0 Å². The van der Waals surface area contributed by atoms with Gasteiger partial charge in [0.25, 0.3) is 0 Å². The zero-order valence-corrected chi connectivity index (χ0v) is 21.8. The van der Waals surface area contributed by atoms with Crippen LogP contribution < -0.4 is 0 Å². The fraction of sp³-hybridized carbons (Fsp3) is 0.265. The highest BCUT2D eigenvalue weighted by Gasteiger charge is 2.23. The molecule has 38 heavy (non-hydrogen) atoms. The van der Waals surface area contributed by atoms with Crippen LogP contribution in [-0.4, -0.2) is 15.7 Å². The SMILES string of the molecule is C1=C(OCc2ccccc2)/C(=C/c2[nH]c3cc2C(Cc2ccccc2)CCCCCC3)N=C1c1ccc[nH]1. The first-order chi connectivity index (χ1) is 18.8. The molecule has 0 fully saturated rings. The summed E-state index contributed by atoms with van der Waals surface area (Å²) in [5.74, 6) is 1.28. The number of hydrogen-bond donors (Lipinski definition) is 2. The molecular formula is C34H35N3O. The molecular weight excluding hydrogens is 466 g/mol. The van der Waals surface area contributed by atoms with Crippen molar-refractivity contribution in [3.8, 4) is 0 Å². The van der Waals surface area contributed by atoms with Gasteiger partial charge < -0.3 is 14.7 Å². The predicted octanol–water partition coefficient (Wildman–Crippen LogP) is 8.12. The maximum atomic E-state index is 6.36. The molecule has 1 atom stereocenters. The summed E-state index contributed by atoms with van der Waals surface area (Å²) in [5, 5.41) is 0. The lowest BCUT2D eigenvalue weighted by molar-refractivity contribution is 0.208. The summed E-state index contributed by atoms with van der Waals surface area (Å²) in [4.78, 5) is 12.1. The summed E-state index contributed by atoms with van der Waals surface area (Å²) in [5.41, 5.74) is 9.21. The molecule has 1 unspecified atom stereocenters. The lowest BCUT2D eigenvalue weighted by Crippen LogP contribution is -2.05. The van der Waals surface area contributed by atoms with Crippen molar-refractivity contribution in [2.75, 3.05) is 0 Å². The van der Waals surface area contributed by atoms with Gasteiger partial charge in [0.1, 0.15) is 18.1 Å². The van der Waals surface area contributed by atoms with Crippen LogP contribution in [0.5, 0.6) is 0 Å². The van der Waals surface area contributed by atoms with Crippen molar-refractivity contribution in [1.29, 1.82) is 0 Å². The fourth-order valence-electron chi connectivity index (χ4n) is 5.60. The van der Waals surface area contributed by atoms with E-state index in [4.69, 9.17) is 9.73 Å². The van der Waals surface area contributed by atoms with E-state index < -0.39 is 0 Å². The maximum absolute atomic E-state index is 6.36. The van der Waals surface area contributed by atoms with E-state index in [0.717, 1.165) is 41.3 Å². The van der Waals surface area contributed by atoms with Crippen molar-refractivity contribution in [2.24, 2.45) is 4.99 Å². The third-order valence-corrected chi connectivity index (χ3v) is 7.60. The van der Waals surface area contributed by atoms with Gasteiger partial charge in [0.05, 0.1) is 11.4 Å². The molecule has 2 aliphatic rings. The van der Waals surface area contributed by atoms with Gasteiger partial charge in [-0.05, 0) is 72.6 Å². The molecule has 2 bridgehead atoms. The number of aryl methyl sites for hydroxylation is 1. The molecule has 2 aromatic carbocycles. The molecule has 0 saturated heterocycles. The quantitative estimate of drug-likeness (QED) is 0.264. The van der Waals surface area contributed by atoms with Crippen molar-refractivity contribution < 1.29 is 4.74 Å². The van der Waals surface area contributed by atoms with E-state index >= 15 is 0 Å². The lowest BCUT2D eigenvalue weighted by Gasteiger charge is -2.18. The molecule has 2 aromatic heterocycles. The summed E-state index contributed by atoms with van der Waals surface area (Å²) >= 11 is 0. The van der Waals surface area contributed by atoms with Gasteiger partial charge in [0.2, 0.25) is 0 Å². The van der Waals surface area contributed by atoms with Gasteiger partial charge in [-0.15, -0.1) is 0 Å². The summed E-state index contributed by atoms with van der Waals surface area (Å²) < 4.78 is 6.36. The van der Waals surface area contributed by atoms with Crippen molar-refractivity contribution in [2.45, 2.75) is 57.5 Å². The Bertz CT molecular complexity index is 1430. The topological polar surface area (TPSA) is 53.2 Å². The van der Waals surface area contributed by atoms with Crippen LogP contribution in [0.15, 0.2) is 108 Å². The van der Waals surface area contributed by atoms with Crippen LogP contribution in [-0.2, 0) is 24.2 Å². The molecule has 4 heteroatoms. The van der Waals surface area contributed by atoms with E-state index in [2.05, 4.69) is 76.7 Å². The Morgan fingerprint density at radius 2 is 1.66 bits per heavy atom. The molecule has 2 N–H and O–H groups in total. The summed E-state index contributed by atoms with van der Waals surface area (Å²) in [6.07, 6.45) is 14.7. The molecule has 3 heterocycles. The van der Waals surface area contributed by atoms with Crippen LogP contribution in [0.3, 0.4) is 0 Å². The second kappa shape index (κ2) is 11.6. The number of nitrogens with one attached hydrogen (secondary N) is 2. The minimum Gasteiger partial charge on any atom is -0.487 e. The Balaban J connectivity index is 1.35. The molecule has 0 amide bonds. The molecule has 1 aliphatic carbocycles. The molecule has 4 aromatic rings. The number of fused-ring (bicyclic) bond motifs is 2. The first-order valence-electron chi connectivity index (χ1n) is 13.9. The predicted molar refractivity (Wildman–Crippen MR) is 155 cm³/mol. The second-order valence-electron chi connectivity index (χ2n) is 10.4. The molecule has 0 spiro atoms. The monoisotopic (exact) mass is 501 g/mol. The smallest absolute Gasteiger partial charge is 0.147 e. The van der Waals surface area contributed by atoms with Crippen molar-refractivity contribution in [1.82, 2.24) is 9.97 Å². The first-order valence-corrected chi connectivity index (χ1v) is 13.9. The van der Waals surface area contributed by atoms with Crippen molar-refractivity contribution in [3.05, 3.63) is 136 Å². The number of aliphatic imine (C=N–C) groups is 1. The van der Waals surface area contributed by atoms with Crippen LogP contribution in [0.2, 0.25) is 0 Å². The number of hydrogen-bond acceptors (Lipinski definition) is 2. The van der Waals surface area contributed by atoms with E-state index in [1.54, 1.807) is 0 Å². The molecule has 1 aliphatic heterocycles. The van der Waals surface area contributed by atoms with Gasteiger partial charge in [0.15, 0.2) is 0 Å². The van der Waals surface area contributed by atoms with Gasteiger partial charge in [-0.3, -0.25) is 0 Å². The number of aromatic nitrogens is 2. The largest absolute Gasteiger partial charge is 0.487 e.